The van der Waals surface area contributed by atoms with Crippen molar-refractivity contribution >= 4 is 50.6 Å². The number of carbonyl (C=O) groups is 1. The Labute approximate surface area is 185 Å². The van der Waals surface area contributed by atoms with E-state index in [0.717, 1.165) is 43.7 Å². The molecular formula is C21H18N4O2S3. The molecule has 0 bridgehead atoms. The Hall–Kier alpha value is -2.36. The summed E-state index contributed by atoms with van der Waals surface area (Å²) < 4.78 is 5.89. The number of ether oxygens (including phenoxy) is 1. The van der Waals surface area contributed by atoms with E-state index in [4.69, 9.17) is 14.7 Å². The van der Waals surface area contributed by atoms with Crippen LogP contribution in [0.3, 0.4) is 0 Å². The summed E-state index contributed by atoms with van der Waals surface area (Å²) in [6.07, 6.45) is 7.11. The number of aryl methyl sites for hydroxylation is 2. The van der Waals surface area contributed by atoms with Crippen molar-refractivity contribution in [3.8, 4) is 11.4 Å². The van der Waals surface area contributed by atoms with Gasteiger partial charge in [-0.15, -0.1) is 22.7 Å². The lowest BCUT2D eigenvalue weighted by molar-refractivity contribution is -0.142. The lowest BCUT2D eigenvalue weighted by Gasteiger charge is -2.06. The van der Waals surface area contributed by atoms with Crippen LogP contribution >= 0.6 is 34.4 Å². The van der Waals surface area contributed by atoms with Gasteiger partial charge in [0.1, 0.15) is 9.86 Å². The minimum Gasteiger partial charge on any atom is -0.466 e. The van der Waals surface area contributed by atoms with Gasteiger partial charge >= 0.3 is 5.97 Å². The molecule has 0 atom stereocenters. The van der Waals surface area contributed by atoms with Gasteiger partial charge in [0, 0.05) is 33.6 Å². The van der Waals surface area contributed by atoms with E-state index in [9.17, 15) is 4.79 Å². The normalized spacial score (nSPS) is 13.0. The topological polar surface area (TPSA) is 77.9 Å². The van der Waals surface area contributed by atoms with Crippen LogP contribution in [-0.4, -0.2) is 32.5 Å². The zero-order chi connectivity index (χ0) is 20.5. The Morgan fingerprint density at radius 2 is 2.20 bits per heavy atom. The Morgan fingerprint density at radius 3 is 3.03 bits per heavy atom. The van der Waals surface area contributed by atoms with Gasteiger partial charge in [-0.05, 0) is 55.6 Å². The quantitative estimate of drug-likeness (QED) is 0.301. The third-order valence-electron chi connectivity index (χ3n) is 4.80. The highest BCUT2D eigenvalue weighted by Crippen LogP contribution is 2.43. The Bertz CT molecular complexity index is 1220. The molecule has 5 rings (SSSR count). The van der Waals surface area contributed by atoms with E-state index < -0.39 is 0 Å². The molecule has 0 saturated carbocycles. The first-order valence-corrected chi connectivity index (χ1v) is 12.2. The van der Waals surface area contributed by atoms with Crippen LogP contribution in [-0.2, 0) is 28.8 Å². The Balaban J connectivity index is 1.53. The van der Waals surface area contributed by atoms with E-state index in [0.29, 0.717) is 12.4 Å². The molecule has 0 aliphatic heterocycles. The molecule has 0 saturated heterocycles. The molecule has 0 fully saturated rings. The molecule has 152 valence electrons. The monoisotopic (exact) mass is 454 g/mol. The van der Waals surface area contributed by atoms with Crippen molar-refractivity contribution in [2.75, 3.05) is 6.61 Å². The van der Waals surface area contributed by atoms with E-state index in [2.05, 4.69) is 9.97 Å². The third-order valence-corrected chi connectivity index (χ3v) is 7.96. The molecule has 0 N–H and O–H groups in total. The zero-order valence-corrected chi connectivity index (χ0v) is 18.7. The average Bonchev–Trinajstić information content (AvgIpc) is 3.45. The maximum absolute atomic E-state index is 11.8. The maximum Gasteiger partial charge on any atom is 0.311 e. The van der Waals surface area contributed by atoms with Gasteiger partial charge < -0.3 is 4.74 Å². The first-order chi connectivity index (χ1) is 14.7. The number of carbonyl (C=O) groups excluding carboxylic acids is 1. The molecular weight excluding hydrogens is 436 g/mol. The zero-order valence-electron chi connectivity index (χ0n) is 16.3. The van der Waals surface area contributed by atoms with Gasteiger partial charge in [0.15, 0.2) is 10.2 Å². The minimum absolute atomic E-state index is 0.193. The van der Waals surface area contributed by atoms with Gasteiger partial charge in [-0.25, -0.2) is 15.0 Å². The maximum atomic E-state index is 11.8. The molecule has 30 heavy (non-hydrogen) atoms. The number of fused-ring (bicyclic) bond motifs is 3. The lowest BCUT2D eigenvalue weighted by Crippen LogP contribution is -2.07. The number of hydrogen-bond acceptors (Lipinski definition) is 9. The van der Waals surface area contributed by atoms with E-state index in [1.807, 2.05) is 17.5 Å². The van der Waals surface area contributed by atoms with Crippen molar-refractivity contribution in [2.45, 2.75) is 42.0 Å². The van der Waals surface area contributed by atoms with Crippen LogP contribution in [0.4, 0.5) is 0 Å². The van der Waals surface area contributed by atoms with Gasteiger partial charge in [-0.3, -0.25) is 9.78 Å². The molecule has 0 spiro atoms. The van der Waals surface area contributed by atoms with Crippen molar-refractivity contribution in [1.82, 2.24) is 19.9 Å². The van der Waals surface area contributed by atoms with Crippen molar-refractivity contribution in [1.29, 1.82) is 0 Å². The summed E-state index contributed by atoms with van der Waals surface area (Å²) in [6.45, 7) is 2.18. The molecule has 6 nitrogen and oxygen atoms in total. The van der Waals surface area contributed by atoms with Crippen LogP contribution < -0.4 is 0 Å². The smallest absolute Gasteiger partial charge is 0.311 e. The molecule has 0 aromatic carbocycles. The molecule has 0 unspecified atom stereocenters. The van der Waals surface area contributed by atoms with E-state index >= 15 is 0 Å². The highest BCUT2D eigenvalue weighted by molar-refractivity contribution is 8.01. The summed E-state index contributed by atoms with van der Waals surface area (Å²) in [5.41, 5.74) is 3.02. The average molecular weight is 455 g/mol. The third kappa shape index (κ3) is 3.84. The Kier molecular flexibility index (Phi) is 5.49. The first kappa shape index (κ1) is 19.6. The fourth-order valence-electron chi connectivity index (χ4n) is 3.52. The van der Waals surface area contributed by atoms with Crippen molar-refractivity contribution in [2.24, 2.45) is 0 Å². The molecule has 4 aromatic heterocycles. The fourth-order valence-corrected chi connectivity index (χ4v) is 6.74. The Morgan fingerprint density at radius 1 is 1.27 bits per heavy atom. The second-order valence-corrected chi connectivity index (χ2v) is 10.00. The van der Waals surface area contributed by atoms with Crippen LogP contribution in [0.15, 0.2) is 39.3 Å². The van der Waals surface area contributed by atoms with Crippen molar-refractivity contribution < 1.29 is 9.53 Å². The number of rotatable bonds is 6. The summed E-state index contributed by atoms with van der Waals surface area (Å²) in [4.78, 5) is 32.8. The van der Waals surface area contributed by atoms with E-state index in [1.165, 1.54) is 28.2 Å². The standard InChI is InChI=1S/C21H18N4O2S3/c1-2-27-16(26)9-13-11-28-21(23-13)30-20-17-14-6-3-7-15(14)29-19(17)24-18(25-20)12-5-4-8-22-10-12/h4-5,8,10-11H,2-3,6-7,9H2,1H3. The molecule has 4 aromatic rings. The summed E-state index contributed by atoms with van der Waals surface area (Å²) >= 11 is 4.85. The number of pyridine rings is 1. The molecule has 9 heteroatoms. The van der Waals surface area contributed by atoms with Gasteiger partial charge in [-0.2, -0.15) is 0 Å². The summed E-state index contributed by atoms with van der Waals surface area (Å²) in [5, 5.41) is 4.00. The number of esters is 1. The van der Waals surface area contributed by atoms with Crippen LogP contribution in [0.5, 0.6) is 0 Å². The first-order valence-electron chi connectivity index (χ1n) is 9.72. The van der Waals surface area contributed by atoms with Gasteiger partial charge in [0.05, 0.1) is 18.7 Å². The largest absolute Gasteiger partial charge is 0.466 e. The van der Waals surface area contributed by atoms with Crippen molar-refractivity contribution in [3.63, 3.8) is 0 Å². The number of hydrogen-bond donors (Lipinski definition) is 0. The fraction of sp³-hybridized carbons (Fsp3) is 0.286. The summed E-state index contributed by atoms with van der Waals surface area (Å²) in [5.74, 6) is 0.430. The SMILES string of the molecule is CCOC(=O)Cc1csc(Sc2nc(-c3cccnc3)nc3sc4c(c23)CCC4)n1. The second kappa shape index (κ2) is 8.41. The van der Waals surface area contributed by atoms with Crippen LogP contribution in [0.2, 0.25) is 0 Å². The highest BCUT2D eigenvalue weighted by atomic mass is 32.2. The second-order valence-electron chi connectivity index (χ2n) is 6.82. The number of nitrogens with zero attached hydrogens (tertiary/aromatic N) is 4. The molecule has 0 radical (unpaired) electrons. The molecule has 4 heterocycles. The number of aromatic nitrogens is 4. The van der Waals surface area contributed by atoms with Crippen LogP contribution in [0, 0.1) is 0 Å². The summed E-state index contributed by atoms with van der Waals surface area (Å²) in [6, 6.07) is 3.87. The molecule has 1 aliphatic rings. The van der Waals surface area contributed by atoms with E-state index in [1.54, 1.807) is 42.4 Å². The van der Waals surface area contributed by atoms with E-state index in [-0.39, 0.29) is 12.4 Å². The van der Waals surface area contributed by atoms with Crippen LogP contribution in [0.25, 0.3) is 21.6 Å². The minimum atomic E-state index is -0.252. The van der Waals surface area contributed by atoms with Gasteiger partial charge in [-0.1, -0.05) is 0 Å². The lowest BCUT2D eigenvalue weighted by atomic mass is 10.2. The molecule has 0 amide bonds. The van der Waals surface area contributed by atoms with Gasteiger partial charge in [0.2, 0.25) is 0 Å². The predicted octanol–water partition coefficient (Wildman–Crippen LogP) is 4.96. The van der Waals surface area contributed by atoms with Gasteiger partial charge in [0.25, 0.3) is 0 Å². The van der Waals surface area contributed by atoms with Crippen LogP contribution in [0.1, 0.15) is 29.5 Å². The number of thiophene rings is 1. The summed E-state index contributed by atoms with van der Waals surface area (Å²) in [7, 11) is 0. The van der Waals surface area contributed by atoms with Crippen molar-refractivity contribution in [3.05, 3.63) is 46.0 Å². The number of thiazole rings is 1. The predicted molar refractivity (Wildman–Crippen MR) is 119 cm³/mol. The highest BCUT2D eigenvalue weighted by Gasteiger charge is 2.24. The molecule has 1 aliphatic carbocycles.